The molecule has 0 unspecified atom stereocenters. The maximum Gasteiger partial charge on any atom is 0.0484 e. The third-order valence-electron chi connectivity index (χ3n) is 3.65. The Morgan fingerprint density at radius 3 is 2.44 bits per heavy atom. The molecule has 2 heterocycles. The van der Waals surface area contributed by atoms with E-state index in [2.05, 4.69) is 28.1 Å². The smallest absolute Gasteiger partial charge is 0.0484 e. The zero-order chi connectivity index (χ0) is 11.2. The average molecular weight is 223 g/mol. The highest BCUT2D eigenvalue weighted by atomic mass is 15.3. The number of likely N-dealkylation sites (tertiary alicyclic amines) is 1. The van der Waals surface area contributed by atoms with Crippen LogP contribution in [0, 0.1) is 0 Å². The van der Waals surface area contributed by atoms with Crippen LogP contribution in [0.1, 0.15) is 26.2 Å². The summed E-state index contributed by atoms with van der Waals surface area (Å²) in [6, 6.07) is 0. The number of allylic oxidation sites excluding steroid dienone is 1. The Hall–Kier alpha value is -0.380. The highest BCUT2D eigenvalue weighted by molar-refractivity contribution is 5.06. The lowest BCUT2D eigenvalue weighted by Crippen LogP contribution is -2.34. The lowest BCUT2D eigenvalue weighted by Gasteiger charge is -2.28. The van der Waals surface area contributed by atoms with E-state index >= 15 is 0 Å². The van der Waals surface area contributed by atoms with Gasteiger partial charge in [-0.1, -0.05) is 12.5 Å². The first-order valence-corrected chi connectivity index (χ1v) is 6.68. The highest BCUT2D eigenvalue weighted by Crippen LogP contribution is 2.11. The Labute approximate surface area is 99.5 Å². The van der Waals surface area contributed by atoms with Gasteiger partial charge in [0.15, 0.2) is 0 Å². The predicted octanol–water partition coefficient (Wildman–Crippen LogP) is 1.28. The van der Waals surface area contributed by atoms with Gasteiger partial charge in [0, 0.05) is 32.8 Å². The molecule has 0 amide bonds. The lowest BCUT2D eigenvalue weighted by molar-refractivity contribution is 0.238. The molecular weight excluding hydrogens is 198 g/mol. The fraction of sp³-hybridized carbons (Fsp3) is 0.846. The summed E-state index contributed by atoms with van der Waals surface area (Å²) < 4.78 is 0. The summed E-state index contributed by atoms with van der Waals surface area (Å²) >= 11 is 0. The van der Waals surface area contributed by atoms with E-state index < -0.39 is 0 Å². The van der Waals surface area contributed by atoms with Gasteiger partial charge in [-0.05, 0) is 38.4 Å². The Balaban J connectivity index is 1.75. The molecule has 1 N–H and O–H groups in total. The van der Waals surface area contributed by atoms with Crippen molar-refractivity contribution in [1.82, 2.24) is 15.1 Å². The van der Waals surface area contributed by atoms with Crippen LogP contribution >= 0.6 is 0 Å². The number of piperidine rings is 1. The van der Waals surface area contributed by atoms with Gasteiger partial charge in [-0.3, -0.25) is 9.80 Å². The molecule has 0 aromatic heterocycles. The molecule has 92 valence electrons. The SMILES string of the molecule is C/C=C(\CN1CCCCC1)CN1CCNC1. The molecule has 0 bridgehead atoms. The molecule has 2 saturated heterocycles. The molecule has 0 saturated carbocycles. The molecule has 0 atom stereocenters. The van der Waals surface area contributed by atoms with Gasteiger partial charge in [0.05, 0.1) is 0 Å². The zero-order valence-electron chi connectivity index (χ0n) is 10.5. The first-order chi connectivity index (χ1) is 7.88. The molecule has 3 heteroatoms. The monoisotopic (exact) mass is 223 g/mol. The summed E-state index contributed by atoms with van der Waals surface area (Å²) in [5.41, 5.74) is 1.59. The Morgan fingerprint density at radius 2 is 1.81 bits per heavy atom. The minimum absolute atomic E-state index is 1.07. The van der Waals surface area contributed by atoms with Gasteiger partial charge in [-0.15, -0.1) is 0 Å². The summed E-state index contributed by atoms with van der Waals surface area (Å²) in [4.78, 5) is 5.11. The van der Waals surface area contributed by atoms with Crippen LogP contribution in [0.4, 0.5) is 0 Å². The summed E-state index contributed by atoms with van der Waals surface area (Å²) in [5.74, 6) is 0. The Bertz CT molecular complexity index is 225. The van der Waals surface area contributed by atoms with Crippen molar-refractivity contribution in [2.24, 2.45) is 0 Å². The van der Waals surface area contributed by atoms with Crippen molar-refractivity contribution in [3.63, 3.8) is 0 Å². The van der Waals surface area contributed by atoms with Gasteiger partial charge in [0.25, 0.3) is 0 Å². The quantitative estimate of drug-likeness (QED) is 0.724. The molecule has 2 aliphatic heterocycles. The summed E-state index contributed by atoms with van der Waals surface area (Å²) in [6.07, 6.45) is 6.52. The predicted molar refractivity (Wildman–Crippen MR) is 68.5 cm³/mol. The normalized spacial score (nSPS) is 25.2. The molecule has 0 aromatic rings. The second kappa shape index (κ2) is 6.38. The van der Waals surface area contributed by atoms with Crippen LogP contribution in [-0.2, 0) is 0 Å². The van der Waals surface area contributed by atoms with E-state index in [-0.39, 0.29) is 0 Å². The minimum Gasteiger partial charge on any atom is -0.303 e. The summed E-state index contributed by atoms with van der Waals surface area (Å²) in [5, 5.41) is 3.39. The molecule has 0 radical (unpaired) electrons. The molecule has 2 fully saturated rings. The van der Waals surface area contributed by atoms with Crippen LogP contribution in [0.3, 0.4) is 0 Å². The third-order valence-corrected chi connectivity index (χ3v) is 3.65. The van der Waals surface area contributed by atoms with Crippen molar-refractivity contribution in [3.05, 3.63) is 11.6 Å². The van der Waals surface area contributed by atoms with E-state index in [0.717, 1.165) is 19.8 Å². The molecule has 0 aliphatic carbocycles. The van der Waals surface area contributed by atoms with E-state index in [9.17, 15) is 0 Å². The van der Waals surface area contributed by atoms with Crippen molar-refractivity contribution in [2.45, 2.75) is 26.2 Å². The standard InChI is InChI=1S/C13H25N3/c1-2-13(11-16-9-6-14-12-16)10-15-7-4-3-5-8-15/h2,14H,3-12H2,1H3/b13-2+. The fourth-order valence-corrected chi connectivity index (χ4v) is 2.61. The van der Waals surface area contributed by atoms with E-state index in [1.807, 2.05) is 0 Å². The fourth-order valence-electron chi connectivity index (χ4n) is 2.61. The van der Waals surface area contributed by atoms with Crippen LogP contribution in [0.5, 0.6) is 0 Å². The van der Waals surface area contributed by atoms with Gasteiger partial charge in [-0.2, -0.15) is 0 Å². The van der Waals surface area contributed by atoms with Crippen LogP contribution in [-0.4, -0.2) is 55.7 Å². The van der Waals surface area contributed by atoms with Crippen molar-refractivity contribution < 1.29 is 0 Å². The first kappa shape index (κ1) is 12.1. The second-order valence-corrected chi connectivity index (χ2v) is 4.99. The van der Waals surface area contributed by atoms with E-state index in [1.165, 1.54) is 45.4 Å². The largest absolute Gasteiger partial charge is 0.303 e. The van der Waals surface area contributed by atoms with Gasteiger partial charge >= 0.3 is 0 Å². The van der Waals surface area contributed by atoms with Crippen molar-refractivity contribution in [1.29, 1.82) is 0 Å². The van der Waals surface area contributed by atoms with Gasteiger partial charge < -0.3 is 5.32 Å². The van der Waals surface area contributed by atoms with Gasteiger partial charge in [-0.25, -0.2) is 0 Å². The maximum atomic E-state index is 3.39. The number of rotatable bonds is 4. The van der Waals surface area contributed by atoms with E-state index in [0.29, 0.717) is 0 Å². The Kier molecular flexibility index (Phi) is 4.82. The van der Waals surface area contributed by atoms with E-state index in [1.54, 1.807) is 5.57 Å². The number of hydrogen-bond donors (Lipinski definition) is 1. The van der Waals surface area contributed by atoms with Crippen LogP contribution in [0.2, 0.25) is 0 Å². The van der Waals surface area contributed by atoms with Gasteiger partial charge in [0.1, 0.15) is 0 Å². The zero-order valence-corrected chi connectivity index (χ0v) is 10.5. The second-order valence-electron chi connectivity index (χ2n) is 4.99. The van der Waals surface area contributed by atoms with Crippen LogP contribution in [0.25, 0.3) is 0 Å². The van der Waals surface area contributed by atoms with Crippen molar-refractivity contribution in [2.75, 3.05) is 45.9 Å². The summed E-state index contributed by atoms with van der Waals surface area (Å²) in [7, 11) is 0. The van der Waals surface area contributed by atoms with Gasteiger partial charge in [0.2, 0.25) is 0 Å². The number of nitrogens with zero attached hydrogens (tertiary/aromatic N) is 2. The molecule has 2 aliphatic rings. The van der Waals surface area contributed by atoms with Crippen LogP contribution < -0.4 is 5.32 Å². The topological polar surface area (TPSA) is 18.5 Å². The molecule has 16 heavy (non-hydrogen) atoms. The van der Waals surface area contributed by atoms with Crippen molar-refractivity contribution in [3.8, 4) is 0 Å². The van der Waals surface area contributed by atoms with Crippen molar-refractivity contribution >= 4 is 0 Å². The average Bonchev–Trinajstić information content (AvgIpc) is 2.82. The van der Waals surface area contributed by atoms with Crippen LogP contribution in [0.15, 0.2) is 11.6 Å². The molecule has 2 rings (SSSR count). The highest BCUT2D eigenvalue weighted by Gasteiger charge is 2.15. The molecule has 0 aromatic carbocycles. The summed E-state index contributed by atoms with van der Waals surface area (Å²) in [6.45, 7) is 10.6. The molecule has 3 nitrogen and oxygen atoms in total. The minimum atomic E-state index is 1.07. The number of hydrogen-bond acceptors (Lipinski definition) is 3. The lowest BCUT2D eigenvalue weighted by atomic mass is 10.1. The Morgan fingerprint density at radius 1 is 1.06 bits per heavy atom. The molecule has 0 spiro atoms. The third kappa shape index (κ3) is 3.58. The maximum absolute atomic E-state index is 3.39. The van der Waals surface area contributed by atoms with E-state index in [4.69, 9.17) is 0 Å². The number of nitrogens with one attached hydrogen (secondary N) is 1. The molecular formula is C13H25N3. The first-order valence-electron chi connectivity index (χ1n) is 6.68.